The molecule has 3 N–H and O–H groups in total. The smallest absolute Gasteiger partial charge is 0.462 e. The van der Waals surface area contributed by atoms with E-state index in [4.69, 9.17) is 37.0 Å². The lowest BCUT2D eigenvalue weighted by atomic mass is 9.99. The molecule has 17 nitrogen and oxygen atoms in total. The van der Waals surface area contributed by atoms with Crippen molar-refractivity contribution in [3.63, 3.8) is 0 Å². The lowest BCUT2D eigenvalue weighted by Crippen LogP contribution is -2.30. The molecule has 546 valence electrons. The van der Waals surface area contributed by atoms with Gasteiger partial charge in [0.25, 0.3) is 0 Å². The monoisotopic (exact) mass is 1350 g/mol. The van der Waals surface area contributed by atoms with Crippen molar-refractivity contribution < 1.29 is 80.2 Å². The van der Waals surface area contributed by atoms with Crippen molar-refractivity contribution >= 4 is 39.5 Å². The van der Waals surface area contributed by atoms with E-state index in [2.05, 4.69) is 55.4 Å². The zero-order valence-electron chi connectivity index (χ0n) is 60.2. The summed E-state index contributed by atoms with van der Waals surface area (Å²) in [5.74, 6) is 0.963. The molecule has 5 unspecified atom stereocenters. The molecule has 8 atom stereocenters. The van der Waals surface area contributed by atoms with E-state index in [0.717, 1.165) is 120 Å². The Morgan fingerprint density at radius 3 is 0.772 bits per heavy atom. The molecule has 0 fully saturated rings. The van der Waals surface area contributed by atoms with Gasteiger partial charge in [-0.2, -0.15) is 0 Å². The Hall–Kier alpha value is -1.94. The third-order valence-corrected chi connectivity index (χ3v) is 19.8. The van der Waals surface area contributed by atoms with Crippen molar-refractivity contribution in [2.45, 2.75) is 382 Å². The molecule has 0 rings (SSSR count). The van der Waals surface area contributed by atoms with Crippen LogP contribution in [0.25, 0.3) is 0 Å². The second-order valence-electron chi connectivity index (χ2n) is 27.5. The van der Waals surface area contributed by atoms with Gasteiger partial charge in [0, 0.05) is 25.7 Å². The molecule has 0 aliphatic rings. The van der Waals surface area contributed by atoms with Crippen LogP contribution in [0.5, 0.6) is 0 Å². The predicted molar refractivity (Wildman–Crippen MR) is 372 cm³/mol. The van der Waals surface area contributed by atoms with E-state index in [1.54, 1.807) is 0 Å². The highest BCUT2D eigenvalue weighted by Crippen LogP contribution is 2.45. The molecule has 0 saturated carbocycles. The first-order chi connectivity index (χ1) is 44.2. The van der Waals surface area contributed by atoms with Gasteiger partial charge in [0.2, 0.25) is 0 Å². The van der Waals surface area contributed by atoms with Gasteiger partial charge in [0.1, 0.15) is 19.3 Å². The van der Waals surface area contributed by atoms with E-state index in [-0.39, 0.29) is 25.7 Å². The van der Waals surface area contributed by atoms with Crippen LogP contribution in [0.2, 0.25) is 0 Å². The van der Waals surface area contributed by atoms with Crippen LogP contribution in [0.1, 0.15) is 364 Å². The van der Waals surface area contributed by atoms with Crippen LogP contribution >= 0.6 is 15.6 Å². The average Bonchev–Trinajstić information content (AvgIpc) is 3.02. The molecule has 0 aromatic carbocycles. The predicted octanol–water partition coefficient (Wildman–Crippen LogP) is 20.9. The van der Waals surface area contributed by atoms with Gasteiger partial charge in [-0.15, -0.1) is 0 Å². The summed E-state index contributed by atoms with van der Waals surface area (Å²) in [4.78, 5) is 72.7. The number of unbranched alkanes of at least 4 members (excludes halogenated alkanes) is 33. The molecule has 0 saturated heterocycles. The minimum Gasteiger partial charge on any atom is -0.462 e. The molecule has 19 heteroatoms. The third kappa shape index (κ3) is 62.8. The van der Waals surface area contributed by atoms with Crippen LogP contribution < -0.4 is 0 Å². The van der Waals surface area contributed by atoms with Gasteiger partial charge >= 0.3 is 39.5 Å². The fraction of sp³-hybridized carbons (Fsp3) is 0.945. The Morgan fingerprint density at radius 1 is 0.304 bits per heavy atom. The maximum Gasteiger partial charge on any atom is 0.472 e. The molecule has 0 aromatic rings. The lowest BCUT2D eigenvalue weighted by molar-refractivity contribution is -0.161. The molecule has 0 aliphatic heterocycles. The fourth-order valence-corrected chi connectivity index (χ4v) is 12.5. The van der Waals surface area contributed by atoms with Crippen LogP contribution in [0, 0.1) is 23.7 Å². The highest BCUT2D eigenvalue weighted by Gasteiger charge is 2.30. The zero-order chi connectivity index (χ0) is 68.2. The molecule has 0 bridgehead atoms. The second kappa shape index (κ2) is 62.6. The van der Waals surface area contributed by atoms with Crippen molar-refractivity contribution in [2.75, 3.05) is 39.6 Å². The molecular weight excluding hydrogens is 1210 g/mol. The Bertz CT molecular complexity index is 1820. The van der Waals surface area contributed by atoms with E-state index < -0.39 is 97.5 Å². The van der Waals surface area contributed by atoms with E-state index in [1.807, 2.05) is 0 Å². The Morgan fingerprint density at radius 2 is 0.522 bits per heavy atom. The third-order valence-electron chi connectivity index (χ3n) is 17.9. The molecule has 0 spiro atoms. The number of carbonyl (C=O) groups is 4. The van der Waals surface area contributed by atoms with Crippen LogP contribution in [-0.4, -0.2) is 96.7 Å². The number of aliphatic hydroxyl groups is 1. The number of rotatable bonds is 70. The molecule has 0 heterocycles. The standard InChI is InChI=1S/C73H142O17P2/c1-9-64(6)50-42-34-26-20-16-14-12-13-15-17-21-29-39-47-55-72(77)89-68(59-83-70(75)53-45-37-28-22-18-19-25-33-41-49-63(4)5)61-87-91(79,80)85-57-67(74)58-86-92(81,82)88-62-69(60-84-71(76)54-46-38-32-31-36-44-52-66(8)11-3)90-73(78)56-48-40-30-24-23-27-35-43-51-65(7)10-2/h63-69,74H,9-62H2,1-8H3,(H,79,80)(H,81,82)/t64?,65?,66?,67-,68-,69-/m1/s1. The summed E-state index contributed by atoms with van der Waals surface area (Å²) in [7, 11) is -9.91. The Labute approximate surface area is 562 Å². The van der Waals surface area contributed by atoms with Crippen molar-refractivity contribution in [2.24, 2.45) is 23.7 Å². The molecular formula is C73H142O17P2. The summed E-state index contributed by atoms with van der Waals surface area (Å²) in [6.07, 6.45) is 45.7. The van der Waals surface area contributed by atoms with E-state index in [1.165, 1.54) is 161 Å². The molecule has 0 amide bonds. The zero-order valence-corrected chi connectivity index (χ0v) is 62.0. The van der Waals surface area contributed by atoms with Crippen molar-refractivity contribution in [1.29, 1.82) is 0 Å². The van der Waals surface area contributed by atoms with Crippen LogP contribution in [-0.2, 0) is 65.4 Å². The number of phosphoric acid groups is 2. The first-order valence-corrected chi connectivity index (χ1v) is 40.8. The molecule has 0 aromatic heterocycles. The van der Waals surface area contributed by atoms with E-state index in [9.17, 15) is 43.2 Å². The quantitative estimate of drug-likeness (QED) is 0.0222. The summed E-state index contributed by atoms with van der Waals surface area (Å²) < 4.78 is 68.4. The highest BCUT2D eigenvalue weighted by molar-refractivity contribution is 7.47. The number of hydrogen-bond acceptors (Lipinski definition) is 15. The second-order valence-corrected chi connectivity index (χ2v) is 30.4. The van der Waals surface area contributed by atoms with Gasteiger partial charge in [-0.05, 0) is 49.4 Å². The van der Waals surface area contributed by atoms with E-state index >= 15 is 0 Å². The minimum atomic E-state index is -4.96. The SMILES string of the molecule is CCC(C)CCCCCCCCCCCCCCCCC(=O)O[C@H](COC(=O)CCCCCCCCCCCC(C)C)COP(=O)(O)OC[C@@H](O)COP(=O)(O)OC[C@@H](COC(=O)CCCCCCCCC(C)CC)OC(=O)CCCCCCCCCCC(C)CC. The summed E-state index contributed by atoms with van der Waals surface area (Å²) in [6.45, 7) is 14.2. The van der Waals surface area contributed by atoms with Gasteiger partial charge in [0.05, 0.1) is 26.4 Å². The molecule has 0 aliphatic carbocycles. The number of aliphatic hydroxyl groups excluding tert-OH is 1. The minimum absolute atomic E-state index is 0.104. The van der Waals surface area contributed by atoms with Gasteiger partial charge in [-0.1, -0.05) is 312 Å². The largest absolute Gasteiger partial charge is 0.472 e. The van der Waals surface area contributed by atoms with E-state index in [0.29, 0.717) is 25.7 Å². The van der Waals surface area contributed by atoms with Crippen molar-refractivity contribution in [1.82, 2.24) is 0 Å². The summed E-state index contributed by atoms with van der Waals surface area (Å²) in [5.41, 5.74) is 0. The van der Waals surface area contributed by atoms with Gasteiger partial charge in [-0.3, -0.25) is 37.3 Å². The van der Waals surface area contributed by atoms with Crippen LogP contribution in [0.4, 0.5) is 0 Å². The number of hydrogen-bond donors (Lipinski definition) is 3. The average molecular weight is 1350 g/mol. The first-order valence-electron chi connectivity index (χ1n) is 37.8. The van der Waals surface area contributed by atoms with Crippen LogP contribution in [0.3, 0.4) is 0 Å². The Balaban J connectivity index is 5.25. The normalized spacial score (nSPS) is 15.1. The summed E-state index contributed by atoms with van der Waals surface area (Å²) >= 11 is 0. The van der Waals surface area contributed by atoms with Gasteiger partial charge in [0.15, 0.2) is 12.2 Å². The summed E-state index contributed by atoms with van der Waals surface area (Å²) in [6, 6.07) is 0. The number of ether oxygens (including phenoxy) is 4. The maximum absolute atomic E-state index is 13.1. The number of phosphoric ester groups is 2. The van der Waals surface area contributed by atoms with Crippen molar-refractivity contribution in [3.05, 3.63) is 0 Å². The lowest BCUT2D eigenvalue weighted by Gasteiger charge is -2.21. The van der Waals surface area contributed by atoms with Crippen molar-refractivity contribution in [3.8, 4) is 0 Å². The highest BCUT2D eigenvalue weighted by atomic mass is 31.2. The van der Waals surface area contributed by atoms with Crippen LogP contribution in [0.15, 0.2) is 0 Å². The Kier molecular flexibility index (Phi) is 61.3. The number of carbonyl (C=O) groups excluding carboxylic acids is 4. The topological polar surface area (TPSA) is 237 Å². The fourth-order valence-electron chi connectivity index (χ4n) is 10.9. The first kappa shape index (κ1) is 90.1. The maximum atomic E-state index is 13.1. The molecule has 0 radical (unpaired) electrons. The number of esters is 4. The summed E-state index contributed by atoms with van der Waals surface area (Å²) in [5, 5.41) is 10.6. The molecule has 92 heavy (non-hydrogen) atoms. The van der Waals surface area contributed by atoms with Gasteiger partial charge in [-0.25, -0.2) is 9.13 Å². The van der Waals surface area contributed by atoms with Gasteiger partial charge < -0.3 is 33.8 Å².